The van der Waals surface area contributed by atoms with Crippen LogP contribution < -0.4 is 4.74 Å². The van der Waals surface area contributed by atoms with Crippen molar-refractivity contribution >= 4 is 11.0 Å². The van der Waals surface area contributed by atoms with Gasteiger partial charge in [0.15, 0.2) is 0 Å². The summed E-state index contributed by atoms with van der Waals surface area (Å²) < 4.78 is 10.8. The number of hydrogen-bond acceptors (Lipinski definition) is 3. The Kier molecular flexibility index (Phi) is 2.14. The molecule has 3 heteroatoms. The zero-order valence-electron chi connectivity index (χ0n) is 9.14. The first-order valence-electron chi connectivity index (χ1n) is 5.53. The Morgan fingerprint density at radius 2 is 2.19 bits per heavy atom. The summed E-state index contributed by atoms with van der Waals surface area (Å²) in [6.45, 7) is 0. The highest BCUT2D eigenvalue weighted by Crippen LogP contribution is 2.42. The molecule has 1 N–H and O–H groups in total. The number of hydrogen-bond donors (Lipinski definition) is 1. The Morgan fingerprint density at radius 1 is 1.38 bits per heavy atom. The Morgan fingerprint density at radius 3 is 2.88 bits per heavy atom. The number of fused-ring (bicyclic) bond motifs is 1. The molecular weight excluding hydrogens is 204 g/mol. The van der Waals surface area contributed by atoms with Crippen molar-refractivity contribution in [3.63, 3.8) is 0 Å². The average molecular weight is 218 g/mol. The van der Waals surface area contributed by atoms with E-state index in [4.69, 9.17) is 9.15 Å². The SMILES string of the molecule is COc1ccc2oc(C(O)C3CC3)cc2c1. The molecule has 0 aliphatic heterocycles. The van der Waals surface area contributed by atoms with Crippen molar-refractivity contribution in [2.24, 2.45) is 5.92 Å². The lowest BCUT2D eigenvalue weighted by Crippen LogP contribution is -1.96. The summed E-state index contributed by atoms with van der Waals surface area (Å²) in [4.78, 5) is 0. The molecule has 1 atom stereocenters. The molecule has 3 nitrogen and oxygen atoms in total. The van der Waals surface area contributed by atoms with Gasteiger partial charge in [0.2, 0.25) is 0 Å². The Bertz CT molecular complexity index is 511. The molecule has 1 heterocycles. The molecule has 0 spiro atoms. The molecule has 0 radical (unpaired) electrons. The first kappa shape index (κ1) is 9.73. The van der Waals surface area contributed by atoms with Crippen molar-refractivity contribution in [3.05, 3.63) is 30.0 Å². The van der Waals surface area contributed by atoms with Gasteiger partial charge in [-0.25, -0.2) is 0 Å². The first-order valence-corrected chi connectivity index (χ1v) is 5.53. The maximum Gasteiger partial charge on any atom is 0.134 e. The fourth-order valence-electron chi connectivity index (χ4n) is 1.96. The summed E-state index contributed by atoms with van der Waals surface area (Å²) in [5.74, 6) is 1.87. The van der Waals surface area contributed by atoms with Gasteiger partial charge in [-0.3, -0.25) is 0 Å². The summed E-state index contributed by atoms with van der Waals surface area (Å²) in [7, 11) is 1.64. The maximum absolute atomic E-state index is 9.96. The van der Waals surface area contributed by atoms with Gasteiger partial charge in [-0.15, -0.1) is 0 Å². The Balaban J connectivity index is 2.01. The van der Waals surface area contributed by atoms with Gasteiger partial charge in [-0.1, -0.05) is 0 Å². The highest BCUT2D eigenvalue weighted by Gasteiger charge is 2.32. The van der Waals surface area contributed by atoms with Crippen LogP contribution in [0, 0.1) is 5.92 Å². The molecular formula is C13H14O3. The lowest BCUT2D eigenvalue weighted by molar-refractivity contribution is 0.129. The van der Waals surface area contributed by atoms with E-state index in [1.807, 2.05) is 24.3 Å². The largest absolute Gasteiger partial charge is 0.497 e. The van der Waals surface area contributed by atoms with Gasteiger partial charge in [0.1, 0.15) is 23.2 Å². The summed E-state index contributed by atoms with van der Waals surface area (Å²) in [6.07, 6.45) is 1.75. The van der Waals surface area contributed by atoms with Crippen LogP contribution in [0.2, 0.25) is 0 Å². The van der Waals surface area contributed by atoms with Crippen LogP contribution >= 0.6 is 0 Å². The molecule has 0 amide bonds. The summed E-state index contributed by atoms with van der Waals surface area (Å²) in [5, 5.41) is 10.9. The van der Waals surface area contributed by atoms with Crippen molar-refractivity contribution < 1.29 is 14.3 Å². The van der Waals surface area contributed by atoms with Crippen LogP contribution in [0.1, 0.15) is 24.7 Å². The minimum atomic E-state index is -0.446. The van der Waals surface area contributed by atoms with Gasteiger partial charge in [0.05, 0.1) is 7.11 Å². The van der Waals surface area contributed by atoms with Crippen molar-refractivity contribution in [3.8, 4) is 5.75 Å². The predicted molar refractivity (Wildman–Crippen MR) is 60.4 cm³/mol. The predicted octanol–water partition coefficient (Wildman–Crippen LogP) is 2.88. The van der Waals surface area contributed by atoms with Crippen molar-refractivity contribution in [1.82, 2.24) is 0 Å². The first-order chi connectivity index (χ1) is 7.78. The molecule has 1 aliphatic rings. The lowest BCUT2D eigenvalue weighted by Gasteiger charge is -2.03. The Hall–Kier alpha value is -1.48. The highest BCUT2D eigenvalue weighted by atomic mass is 16.5. The Labute approximate surface area is 93.6 Å². The van der Waals surface area contributed by atoms with E-state index in [9.17, 15) is 5.11 Å². The molecule has 3 rings (SSSR count). The molecule has 2 aromatic rings. The van der Waals surface area contributed by atoms with Crippen LogP contribution in [0.5, 0.6) is 5.75 Å². The van der Waals surface area contributed by atoms with Crippen LogP contribution in [-0.2, 0) is 0 Å². The lowest BCUT2D eigenvalue weighted by atomic mass is 10.1. The average Bonchev–Trinajstić information content (AvgIpc) is 3.06. The number of furan rings is 1. The second-order valence-electron chi connectivity index (χ2n) is 4.33. The van der Waals surface area contributed by atoms with Gasteiger partial charge in [-0.2, -0.15) is 0 Å². The zero-order chi connectivity index (χ0) is 11.1. The smallest absolute Gasteiger partial charge is 0.134 e. The number of aliphatic hydroxyl groups is 1. The van der Waals surface area contributed by atoms with Crippen molar-refractivity contribution in [1.29, 1.82) is 0 Å². The molecule has 84 valence electrons. The third-order valence-electron chi connectivity index (χ3n) is 3.10. The third kappa shape index (κ3) is 1.57. The number of rotatable bonds is 3. The normalized spacial score (nSPS) is 17.6. The van der Waals surface area contributed by atoms with E-state index in [0.717, 1.165) is 29.6 Å². The number of ether oxygens (including phenoxy) is 1. The summed E-state index contributed by atoms with van der Waals surface area (Å²) >= 11 is 0. The van der Waals surface area contributed by atoms with E-state index in [2.05, 4.69) is 0 Å². The zero-order valence-corrected chi connectivity index (χ0v) is 9.14. The molecule has 1 aliphatic carbocycles. The number of benzene rings is 1. The summed E-state index contributed by atoms with van der Waals surface area (Å²) in [5.41, 5.74) is 0.801. The molecule has 16 heavy (non-hydrogen) atoms. The van der Waals surface area contributed by atoms with Crippen LogP contribution in [0.3, 0.4) is 0 Å². The van der Waals surface area contributed by atoms with Gasteiger partial charge < -0.3 is 14.3 Å². The van der Waals surface area contributed by atoms with E-state index in [1.165, 1.54) is 0 Å². The second kappa shape index (κ2) is 3.52. The van der Waals surface area contributed by atoms with Gasteiger partial charge in [-0.05, 0) is 43.0 Å². The topological polar surface area (TPSA) is 42.6 Å². The van der Waals surface area contributed by atoms with E-state index in [1.54, 1.807) is 7.11 Å². The summed E-state index contributed by atoms with van der Waals surface area (Å²) in [6, 6.07) is 7.55. The molecule has 0 bridgehead atoms. The fraction of sp³-hybridized carbons (Fsp3) is 0.385. The minimum absolute atomic E-state index is 0.391. The molecule has 1 aromatic carbocycles. The molecule has 1 fully saturated rings. The molecule has 1 unspecified atom stereocenters. The van der Waals surface area contributed by atoms with Crippen LogP contribution in [0.25, 0.3) is 11.0 Å². The monoisotopic (exact) mass is 218 g/mol. The maximum atomic E-state index is 9.96. The molecule has 1 saturated carbocycles. The van der Waals surface area contributed by atoms with Crippen molar-refractivity contribution in [2.45, 2.75) is 18.9 Å². The van der Waals surface area contributed by atoms with Crippen LogP contribution in [-0.4, -0.2) is 12.2 Å². The van der Waals surface area contributed by atoms with Crippen LogP contribution in [0.4, 0.5) is 0 Å². The minimum Gasteiger partial charge on any atom is -0.497 e. The second-order valence-corrected chi connectivity index (χ2v) is 4.33. The van der Waals surface area contributed by atoms with Gasteiger partial charge in [0, 0.05) is 5.39 Å². The standard InChI is InChI=1S/C13H14O3/c1-15-10-4-5-11-9(6-10)7-12(16-11)13(14)8-2-3-8/h4-8,13-14H,2-3H2,1H3. The van der Waals surface area contributed by atoms with E-state index in [-0.39, 0.29) is 0 Å². The number of methoxy groups -OCH3 is 1. The van der Waals surface area contributed by atoms with Crippen LogP contribution in [0.15, 0.2) is 28.7 Å². The van der Waals surface area contributed by atoms with Crippen molar-refractivity contribution in [2.75, 3.05) is 7.11 Å². The number of aliphatic hydroxyl groups excluding tert-OH is 1. The fourth-order valence-corrected chi connectivity index (χ4v) is 1.96. The molecule has 1 aromatic heterocycles. The highest BCUT2D eigenvalue weighted by molar-refractivity contribution is 5.79. The van der Waals surface area contributed by atoms with E-state index in [0.29, 0.717) is 11.7 Å². The quantitative estimate of drug-likeness (QED) is 0.861. The van der Waals surface area contributed by atoms with Gasteiger partial charge in [0.25, 0.3) is 0 Å². The van der Waals surface area contributed by atoms with E-state index < -0.39 is 6.10 Å². The third-order valence-corrected chi connectivity index (χ3v) is 3.10. The van der Waals surface area contributed by atoms with Gasteiger partial charge >= 0.3 is 0 Å². The van der Waals surface area contributed by atoms with E-state index >= 15 is 0 Å². The molecule has 0 saturated heterocycles.